The fourth-order valence-electron chi connectivity index (χ4n) is 3.04. The van der Waals surface area contributed by atoms with Gasteiger partial charge in [-0.3, -0.25) is 0 Å². The van der Waals surface area contributed by atoms with E-state index in [0.29, 0.717) is 11.5 Å². The monoisotopic (exact) mass is 413 g/mol. The first-order valence-corrected chi connectivity index (χ1v) is 9.97. The number of benzene rings is 2. The molecular formula is C25H23N3O3. The van der Waals surface area contributed by atoms with Crippen LogP contribution in [0.4, 0.5) is 4.79 Å². The van der Waals surface area contributed by atoms with E-state index in [-0.39, 0.29) is 5.88 Å². The summed E-state index contributed by atoms with van der Waals surface area (Å²) in [4.78, 5) is 16.6. The summed E-state index contributed by atoms with van der Waals surface area (Å²) in [6, 6.07) is 25.4. The van der Waals surface area contributed by atoms with Crippen molar-refractivity contribution in [2.75, 3.05) is 0 Å². The Kier molecular flexibility index (Phi) is 5.54. The lowest BCUT2D eigenvalue weighted by molar-refractivity contribution is 0.0192. The molecule has 0 aliphatic rings. The van der Waals surface area contributed by atoms with Gasteiger partial charge in [-0.1, -0.05) is 60.7 Å². The largest absolute Gasteiger partial charge is 0.515 e. The van der Waals surface area contributed by atoms with Crippen LogP contribution in [-0.4, -0.2) is 26.5 Å². The molecule has 0 fully saturated rings. The first-order chi connectivity index (χ1) is 14.9. The second-order valence-corrected chi connectivity index (χ2v) is 7.98. The molecule has 31 heavy (non-hydrogen) atoms. The number of nitrogens with zero attached hydrogens (tertiary/aromatic N) is 3. The number of carbonyl (C=O) groups is 1. The standard InChI is InChI=1S/C25H23N3O3/c1-25(2,3)31-24(29)30-23-17-21(27-28(23)22-11-7-8-16-26-22)20-14-12-19(13-15-20)18-9-5-4-6-10-18/h4-17H,1-3H3. The Bertz CT molecular complexity index is 1160. The number of carbonyl (C=O) groups excluding carboxylic acids is 1. The Labute approximate surface area is 181 Å². The molecule has 2 aromatic carbocycles. The van der Waals surface area contributed by atoms with E-state index in [2.05, 4.69) is 22.2 Å². The Hall–Kier alpha value is -3.93. The van der Waals surface area contributed by atoms with Gasteiger partial charge in [0.25, 0.3) is 0 Å². The van der Waals surface area contributed by atoms with Crippen LogP contribution in [0.25, 0.3) is 28.2 Å². The summed E-state index contributed by atoms with van der Waals surface area (Å²) < 4.78 is 12.3. The van der Waals surface area contributed by atoms with Gasteiger partial charge in [0.05, 0.1) is 5.69 Å². The molecular weight excluding hydrogens is 390 g/mol. The lowest BCUT2D eigenvalue weighted by atomic mass is 10.0. The van der Waals surface area contributed by atoms with E-state index in [4.69, 9.17) is 9.47 Å². The minimum absolute atomic E-state index is 0.232. The van der Waals surface area contributed by atoms with Gasteiger partial charge < -0.3 is 9.47 Å². The van der Waals surface area contributed by atoms with Crippen molar-refractivity contribution in [1.29, 1.82) is 0 Å². The van der Waals surface area contributed by atoms with Crippen LogP contribution in [0.15, 0.2) is 85.1 Å². The molecule has 0 aliphatic heterocycles. The molecule has 2 heterocycles. The van der Waals surface area contributed by atoms with Crippen molar-refractivity contribution >= 4 is 6.16 Å². The zero-order chi connectivity index (χ0) is 21.8. The summed E-state index contributed by atoms with van der Waals surface area (Å²) in [5.74, 6) is 0.767. The topological polar surface area (TPSA) is 66.2 Å². The van der Waals surface area contributed by atoms with E-state index in [1.54, 1.807) is 39.1 Å². The fourth-order valence-corrected chi connectivity index (χ4v) is 3.04. The summed E-state index contributed by atoms with van der Waals surface area (Å²) in [5, 5.41) is 4.62. The minimum atomic E-state index is -0.796. The van der Waals surface area contributed by atoms with E-state index < -0.39 is 11.8 Å². The van der Waals surface area contributed by atoms with Crippen LogP contribution >= 0.6 is 0 Å². The highest BCUT2D eigenvalue weighted by molar-refractivity contribution is 5.70. The average Bonchev–Trinajstić information content (AvgIpc) is 3.17. The van der Waals surface area contributed by atoms with Crippen molar-refractivity contribution in [1.82, 2.24) is 14.8 Å². The van der Waals surface area contributed by atoms with Gasteiger partial charge in [-0.05, 0) is 44.0 Å². The zero-order valence-corrected chi connectivity index (χ0v) is 17.6. The molecule has 0 radical (unpaired) electrons. The fraction of sp³-hybridized carbons (Fsp3) is 0.160. The number of aromatic nitrogens is 3. The Morgan fingerprint density at radius 3 is 2.13 bits per heavy atom. The first-order valence-electron chi connectivity index (χ1n) is 9.97. The molecule has 0 bridgehead atoms. The summed E-state index contributed by atoms with van der Waals surface area (Å²) in [5.41, 5.74) is 3.14. The number of ether oxygens (including phenoxy) is 2. The lowest BCUT2D eigenvalue weighted by Gasteiger charge is -2.18. The van der Waals surface area contributed by atoms with Crippen molar-refractivity contribution < 1.29 is 14.3 Å². The quantitative estimate of drug-likeness (QED) is 0.389. The van der Waals surface area contributed by atoms with Crippen molar-refractivity contribution in [3.63, 3.8) is 0 Å². The van der Waals surface area contributed by atoms with Crippen molar-refractivity contribution in [3.05, 3.63) is 85.1 Å². The maximum absolute atomic E-state index is 12.3. The molecule has 2 aromatic heterocycles. The third-order valence-electron chi connectivity index (χ3n) is 4.41. The van der Waals surface area contributed by atoms with Gasteiger partial charge in [-0.15, -0.1) is 0 Å². The molecule has 156 valence electrons. The van der Waals surface area contributed by atoms with E-state index in [1.165, 1.54) is 4.68 Å². The molecule has 0 saturated heterocycles. The normalized spacial score (nSPS) is 11.2. The Morgan fingerprint density at radius 1 is 0.839 bits per heavy atom. The molecule has 0 amide bonds. The maximum Gasteiger partial charge on any atom is 0.515 e. The average molecular weight is 413 g/mol. The maximum atomic E-state index is 12.3. The third kappa shape index (κ3) is 4.98. The number of pyridine rings is 1. The second kappa shape index (κ2) is 8.44. The third-order valence-corrected chi connectivity index (χ3v) is 4.41. The van der Waals surface area contributed by atoms with Crippen LogP contribution in [0.2, 0.25) is 0 Å². The van der Waals surface area contributed by atoms with Crippen molar-refractivity contribution in [2.24, 2.45) is 0 Å². The van der Waals surface area contributed by atoms with E-state index in [0.717, 1.165) is 16.7 Å². The molecule has 6 nitrogen and oxygen atoms in total. The molecule has 6 heteroatoms. The highest BCUT2D eigenvalue weighted by atomic mass is 16.7. The highest BCUT2D eigenvalue weighted by Crippen LogP contribution is 2.28. The van der Waals surface area contributed by atoms with Crippen LogP contribution < -0.4 is 4.74 Å². The van der Waals surface area contributed by atoms with Crippen LogP contribution in [-0.2, 0) is 4.74 Å². The minimum Gasteiger partial charge on any atom is -0.428 e. The number of hydrogen-bond acceptors (Lipinski definition) is 5. The van der Waals surface area contributed by atoms with Crippen LogP contribution in [0.3, 0.4) is 0 Å². The van der Waals surface area contributed by atoms with Crippen molar-refractivity contribution in [2.45, 2.75) is 26.4 Å². The van der Waals surface area contributed by atoms with Gasteiger partial charge in [0, 0.05) is 17.8 Å². The van der Waals surface area contributed by atoms with Gasteiger partial charge >= 0.3 is 6.16 Å². The molecule has 0 atom stereocenters. The van der Waals surface area contributed by atoms with Gasteiger partial charge in [-0.2, -0.15) is 9.78 Å². The number of rotatable bonds is 4. The van der Waals surface area contributed by atoms with Gasteiger partial charge in [0.2, 0.25) is 5.88 Å². The first kappa shape index (κ1) is 20.3. The van der Waals surface area contributed by atoms with Crippen LogP contribution in [0.5, 0.6) is 5.88 Å². The summed E-state index contributed by atoms with van der Waals surface area (Å²) in [7, 11) is 0. The molecule has 0 spiro atoms. The molecule has 4 aromatic rings. The van der Waals surface area contributed by atoms with E-state index in [9.17, 15) is 4.79 Å². The zero-order valence-electron chi connectivity index (χ0n) is 17.6. The van der Waals surface area contributed by atoms with Crippen LogP contribution in [0.1, 0.15) is 20.8 Å². The molecule has 4 rings (SSSR count). The van der Waals surface area contributed by atoms with Gasteiger partial charge in [0.1, 0.15) is 5.60 Å². The molecule has 0 saturated carbocycles. The summed E-state index contributed by atoms with van der Waals surface area (Å²) in [6.07, 6.45) is 0.860. The highest BCUT2D eigenvalue weighted by Gasteiger charge is 2.21. The van der Waals surface area contributed by atoms with Gasteiger partial charge in [0.15, 0.2) is 5.82 Å². The predicted molar refractivity (Wildman–Crippen MR) is 119 cm³/mol. The predicted octanol–water partition coefficient (Wildman–Crippen LogP) is 5.92. The smallest absolute Gasteiger partial charge is 0.428 e. The Balaban J connectivity index is 1.67. The van der Waals surface area contributed by atoms with E-state index >= 15 is 0 Å². The second-order valence-electron chi connectivity index (χ2n) is 7.98. The molecule has 0 N–H and O–H groups in total. The van der Waals surface area contributed by atoms with Crippen molar-refractivity contribution in [3.8, 4) is 34.1 Å². The molecule has 0 aliphatic carbocycles. The van der Waals surface area contributed by atoms with Gasteiger partial charge in [-0.25, -0.2) is 9.78 Å². The van der Waals surface area contributed by atoms with Crippen LogP contribution in [0, 0.1) is 0 Å². The SMILES string of the molecule is CC(C)(C)OC(=O)Oc1cc(-c2ccc(-c3ccccc3)cc2)nn1-c1ccccn1. The molecule has 0 unspecified atom stereocenters. The lowest BCUT2D eigenvalue weighted by Crippen LogP contribution is -2.26. The Morgan fingerprint density at radius 2 is 1.48 bits per heavy atom. The van der Waals surface area contributed by atoms with E-state index in [1.807, 2.05) is 54.6 Å². The number of hydrogen-bond donors (Lipinski definition) is 0. The summed E-state index contributed by atoms with van der Waals surface area (Å²) in [6.45, 7) is 5.35. The summed E-state index contributed by atoms with van der Waals surface area (Å²) >= 11 is 0.